The summed E-state index contributed by atoms with van der Waals surface area (Å²) in [5, 5.41) is 12.5. The fourth-order valence-corrected chi connectivity index (χ4v) is 3.03. The molecule has 3 N–H and O–H groups in total. The lowest BCUT2D eigenvalue weighted by molar-refractivity contribution is -0.192. The van der Waals surface area contributed by atoms with Crippen LogP contribution in [0.1, 0.15) is 22.7 Å². The van der Waals surface area contributed by atoms with E-state index in [1.54, 1.807) is 36.7 Å². The largest absolute Gasteiger partial charge is 0.490 e. The monoisotopic (exact) mass is 564 g/mol. The first kappa shape index (κ1) is 27.6. The van der Waals surface area contributed by atoms with Crippen molar-refractivity contribution in [3.05, 3.63) is 88.4 Å². The maximum Gasteiger partial charge on any atom is 0.490 e. The van der Waals surface area contributed by atoms with Crippen molar-refractivity contribution in [2.45, 2.75) is 18.4 Å². The zero-order valence-electron chi connectivity index (χ0n) is 17.2. The third-order valence-corrected chi connectivity index (χ3v) is 4.77. The molecule has 2 amide bonds. The molecule has 0 aliphatic carbocycles. The maximum absolute atomic E-state index is 12.9. The average Bonchev–Trinajstić information content (AvgIpc) is 2.78. The van der Waals surface area contributed by atoms with Gasteiger partial charge in [-0.05, 0) is 51.8 Å². The number of halogens is 7. The van der Waals surface area contributed by atoms with Gasteiger partial charge in [-0.25, -0.2) is 14.6 Å². The van der Waals surface area contributed by atoms with Gasteiger partial charge in [-0.3, -0.25) is 4.98 Å². The van der Waals surface area contributed by atoms with Crippen LogP contribution in [0, 0.1) is 0 Å². The number of alkyl halides is 6. The first-order valence-corrected chi connectivity index (χ1v) is 10.1. The lowest BCUT2D eigenvalue weighted by Crippen LogP contribution is -2.33. The molecule has 0 aliphatic rings. The molecule has 0 radical (unpaired) electrons. The smallest absolute Gasteiger partial charge is 0.475 e. The predicted molar refractivity (Wildman–Crippen MR) is 115 cm³/mol. The minimum Gasteiger partial charge on any atom is -0.475 e. The average molecular weight is 565 g/mol. The summed E-state index contributed by atoms with van der Waals surface area (Å²) in [6, 6.07) is 10.1. The third kappa shape index (κ3) is 8.55. The van der Waals surface area contributed by atoms with Crippen LogP contribution < -0.4 is 10.6 Å². The van der Waals surface area contributed by atoms with Gasteiger partial charge in [0.05, 0.1) is 23.5 Å². The molecule has 7 nitrogen and oxygen atoms in total. The molecule has 3 aromatic rings. The van der Waals surface area contributed by atoms with Gasteiger partial charge in [0.1, 0.15) is 4.60 Å². The number of nitrogens with one attached hydrogen (secondary N) is 2. The highest BCUT2D eigenvalue weighted by atomic mass is 79.9. The number of nitrogens with zero attached hydrogens (tertiary/aromatic N) is 2. The number of urea groups is 1. The van der Waals surface area contributed by atoms with Crippen molar-refractivity contribution in [3.63, 3.8) is 0 Å². The standard InChI is InChI=1S/C19H14BrF3N4O.C2HF3O2/c20-17-15(4-2-10-25-17)16(12-5-7-13(8-6-12)19(21,22)23)27-18(28)26-14-3-1-9-24-11-14;3-2(4,5)1(6)7/h1-11,16H,(H2,26,27,28);(H,6,7). The van der Waals surface area contributed by atoms with E-state index in [4.69, 9.17) is 9.90 Å². The lowest BCUT2D eigenvalue weighted by Gasteiger charge is -2.21. The molecule has 1 aromatic carbocycles. The molecular formula is C21H15BrF6N4O3. The summed E-state index contributed by atoms with van der Waals surface area (Å²) in [5.41, 5.74) is 0.795. The Morgan fingerprint density at radius 3 is 2.03 bits per heavy atom. The highest BCUT2D eigenvalue weighted by Crippen LogP contribution is 2.32. The molecule has 0 saturated heterocycles. The number of carboxylic acid groups (broad SMARTS) is 1. The van der Waals surface area contributed by atoms with Crippen LogP contribution in [-0.2, 0) is 11.0 Å². The van der Waals surface area contributed by atoms with Crippen LogP contribution in [-0.4, -0.2) is 33.3 Å². The number of carbonyl (C=O) groups is 2. The van der Waals surface area contributed by atoms with Crippen LogP contribution >= 0.6 is 15.9 Å². The number of carboxylic acids is 1. The van der Waals surface area contributed by atoms with E-state index < -0.39 is 36.0 Å². The molecule has 0 fully saturated rings. The second kappa shape index (κ2) is 11.6. The van der Waals surface area contributed by atoms with Crippen molar-refractivity contribution in [1.82, 2.24) is 15.3 Å². The summed E-state index contributed by atoms with van der Waals surface area (Å²) >= 11 is 3.32. The van der Waals surface area contributed by atoms with E-state index in [-0.39, 0.29) is 0 Å². The van der Waals surface area contributed by atoms with E-state index in [0.717, 1.165) is 12.1 Å². The van der Waals surface area contributed by atoms with Gasteiger partial charge in [-0.2, -0.15) is 26.3 Å². The summed E-state index contributed by atoms with van der Waals surface area (Å²) in [5.74, 6) is -2.76. The van der Waals surface area contributed by atoms with Crippen LogP contribution in [0.4, 0.5) is 36.8 Å². The van der Waals surface area contributed by atoms with Gasteiger partial charge in [0, 0.05) is 18.0 Å². The Kier molecular flexibility index (Phi) is 9.17. The quantitative estimate of drug-likeness (QED) is 0.274. The van der Waals surface area contributed by atoms with Crippen molar-refractivity contribution in [3.8, 4) is 0 Å². The second-order valence-corrected chi connectivity index (χ2v) is 7.33. The highest BCUT2D eigenvalue weighted by Gasteiger charge is 2.38. The number of carbonyl (C=O) groups excluding carboxylic acids is 1. The van der Waals surface area contributed by atoms with Gasteiger partial charge in [-0.15, -0.1) is 0 Å². The maximum atomic E-state index is 12.9. The molecule has 0 aliphatic heterocycles. The van der Waals surface area contributed by atoms with Gasteiger partial charge in [0.15, 0.2) is 0 Å². The second-order valence-electron chi connectivity index (χ2n) is 6.58. The van der Waals surface area contributed by atoms with E-state index in [2.05, 4.69) is 36.5 Å². The molecule has 0 bridgehead atoms. The summed E-state index contributed by atoms with van der Waals surface area (Å²) in [6.45, 7) is 0. The number of rotatable bonds is 4. The predicted octanol–water partition coefficient (Wildman–Crippen LogP) is 5.80. The number of benzene rings is 1. The Bertz CT molecular complexity index is 1140. The summed E-state index contributed by atoms with van der Waals surface area (Å²) in [7, 11) is 0. The van der Waals surface area contributed by atoms with E-state index in [1.165, 1.54) is 18.3 Å². The number of pyridine rings is 2. The fourth-order valence-electron chi connectivity index (χ4n) is 2.55. The van der Waals surface area contributed by atoms with Crippen LogP contribution in [0.5, 0.6) is 0 Å². The van der Waals surface area contributed by atoms with Crippen molar-refractivity contribution < 1.29 is 41.0 Å². The molecule has 14 heteroatoms. The van der Waals surface area contributed by atoms with Gasteiger partial charge >= 0.3 is 24.4 Å². The Balaban J connectivity index is 0.000000540. The number of aliphatic carboxylic acids is 1. The molecular weight excluding hydrogens is 550 g/mol. The molecule has 2 heterocycles. The van der Waals surface area contributed by atoms with Crippen molar-refractivity contribution in [2.24, 2.45) is 0 Å². The number of amides is 2. The van der Waals surface area contributed by atoms with Crippen molar-refractivity contribution in [1.29, 1.82) is 0 Å². The van der Waals surface area contributed by atoms with Gasteiger partial charge in [-0.1, -0.05) is 18.2 Å². The Labute approximate surface area is 202 Å². The number of hydrogen-bond acceptors (Lipinski definition) is 4. The molecule has 0 saturated carbocycles. The van der Waals surface area contributed by atoms with Crippen LogP contribution in [0.25, 0.3) is 0 Å². The van der Waals surface area contributed by atoms with Crippen LogP contribution in [0.2, 0.25) is 0 Å². The van der Waals surface area contributed by atoms with E-state index in [9.17, 15) is 31.1 Å². The SMILES string of the molecule is O=C(Nc1cccnc1)NC(c1ccc(C(F)(F)F)cc1)c1cccnc1Br.O=C(O)C(F)(F)F. The van der Waals surface area contributed by atoms with E-state index >= 15 is 0 Å². The van der Waals surface area contributed by atoms with Gasteiger partial charge in [0.25, 0.3) is 0 Å². The minimum absolute atomic E-state index is 0.474. The summed E-state index contributed by atoms with van der Waals surface area (Å²) in [4.78, 5) is 29.4. The number of hydrogen-bond donors (Lipinski definition) is 3. The Morgan fingerprint density at radius 2 is 1.54 bits per heavy atom. The summed E-state index contributed by atoms with van der Waals surface area (Å²) in [6.07, 6.45) is -4.91. The molecule has 2 aromatic heterocycles. The van der Waals surface area contributed by atoms with Gasteiger partial charge in [0.2, 0.25) is 0 Å². The Hall–Kier alpha value is -3.68. The van der Waals surface area contributed by atoms with Crippen molar-refractivity contribution in [2.75, 3.05) is 5.32 Å². The highest BCUT2D eigenvalue weighted by molar-refractivity contribution is 9.10. The van der Waals surface area contributed by atoms with Gasteiger partial charge < -0.3 is 15.7 Å². The molecule has 1 atom stereocenters. The minimum atomic E-state index is -5.08. The molecule has 1 unspecified atom stereocenters. The first-order valence-electron chi connectivity index (χ1n) is 9.34. The Morgan fingerprint density at radius 1 is 0.943 bits per heavy atom. The van der Waals surface area contributed by atoms with E-state index in [0.29, 0.717) is 21.4 Å². The zero-order valence-corrected chi connectivity index (χ0v) is 18.8. The summed E-state index contributed by atoms with van der Waals surface area (Å²) < 4.78 is 70.8. The van der Waals surface area contributed by atoms with Crippen LogP contribution in [0.3, 0.4) is 0 Å². The fraction of sp³-hybridized carbons (Fsp3) is 0.143. The molecule has 186 valence electrons. The first-order chi connectivity index (χ1) is 16.3. The van der Waals surface area contributed by atoms with Crippen LogP contribution in [0.15, 0.2) is 71.7 Å². The number of aromatic nitrogens is 2. The molecule has 3 rings (SSSR count). The lowest BCUT2D eigenvalue weighted by atomic mass is 9.99. The molecule has 0 spiro atoms. The third-order valence-electron chi connectivity index (χ3n) is 4.11. The zero-order chi connectivity index (χ0) is 26.2. The van der Waals surface area contributed by atoms with E-state index in [1.807, 2.05) is 0 Å². The number of anilines is 1. The van der Waals surface area contributed by atoms with Crippen molar-refractivity contribution >= 4 is 33.6 Å². The molecule has 35 heavy (non-hydrogen) atoms. The topological polar surface area (TPSA) is 104 Å². The normalized spacial score (nSPS) is 12.1.